The number of carbonyl (C=O) groups is 1. The Balaban J connectivity index is 2.64. The van der Waals surface area contributed by atoms with Gasteiger partial charge in [-0.2, -0.15) is 5.10 Å². The summed E-state index contributed by atoms with van der Waals surface area (Å²) in [7, 11) is 1.61. The zero-order chi connectivity index (χ0) is 12.7. The third-order valence-corrected chi connectivity index (χ3v) is 2.10. The molecule has 0 bridgehead atoms. The topological polar surface area (TPSA) is 59.9 Å². The Morgan fingerprint density at radius 3 is 2.53 bits per heavy atom. The van der Waals surface area contributed by atoms with Crippen molar-refractivity contribution in [2.24, 2.45) is 5.10 Å². The van der Waals surface area contributed by atoms with Gasteiger partial charge in [0.05, 0.1) is 19.4 Å². The third kappa shape index (κ3) is 4.14. The first-order chi connectivity index (χ1) is 8.17. The van der Waals surface area contributed by atoms with E-state index in [4.69, 9.17) is 4.74 Å². The summed E-state index contributed by atoms with van der Waals surface area (Å²) in [6.07, 6.45) is -0.555. The number of amides is 1. The van der Waals surface area contributed by atoms with Gasteiger partial charge < -0.3 is 9.47 Å². The van der Waals surface area contributed by atoms with Gasteiger partial charge in [0.25, 0.3) is 0 Å². The number of rotatable bonds is 4. The zero-order valence-electron chi connectivity index (χ0n) is 10.2. The van der Waals surface area contributed by atoms with Gasteiger partial charge in [0.2, 0.25) is 0 Å². The number of hydrogen-bond donors (Lipinski definition) is 1. The van der Waals surface area contributed by atoms with Crippen LogP contribution in [0.3, 0.4) is 0 Å². The lowest BCUT2D eigenvalue weighted by Gasteiger charge is -2.04. The Bertz CT molecular complexity index is 399. The first-order valence-corrected chi connectivity index (χ1v) is 5.28. The van der Waals surface area contributed by atoms with Crippen molar-refractivity contribution >= 4 is 11.8 Å². The highest BCUT2D eigenvalue weighted by molar-refractivity contribution is 5.99. The fraction of sp³-hybridized carbons (Fsp3) is 0.333. The summed E-state index contributed by atoms with van der Waals surface area (Å²) in [5.41, 5.74) is 3.91. The minimum absolute atomic E-state index is 0.322. The molecule has 0 radical (unpaired) electrons. The molecule has 5 nitrogen and oxygen atoms in total. The van der Waals surface area contributed by atoms with E-state index in [1.807, 2.05) is 24.3 Å². The average molecular weight is 236 g/mol. The number of carbonyl (C=O) groups excluding carboxylic acids is 1. The predicted molar refractivity (Wildman–Crippen MR) is 65.4 cm³/mol. The van der Waals surface area contributed by atoms with Crippen LogP contribution in [0.4, 0.5) is 4.79 Å². The van der Waals surface area contributed by atoms with Crippen LogP contribution in [0.2, 0.25) is 0 Å². The second-order valence-electron chi connectivity index (χ2n) is 3.26. The van der Waals surface area contributed by atoms with Crippen molar-refractivity contribution in [1.82, 2.24) is 5.43 Å². The van der Waals surface area contributed by atoms with Crippen LogP contribution in [0.15, 0.2) is 29.4 Å². The summed E-state index contributed by atoms with van der Waals surface area (Å²) in [5.74, 6) is 0.778. The first kappa shape index (κ1) is 13.0. The SMILES string of the molecule is CCOC(=O)N/N=C(/C)c1ccc(OC)cc1. The molecular weight excluding hydrogens is 220 g/mol. The van der Waals surface area contributed by atoms with Crippen LogP contribution in [-0.2, 0) is 4.74 Å². The maximum Gasteiger partial charge on any atom is 0.427 e. The molecule has 1 rings (SSSR count). The van der Waals surface area contributed by atoms with Gasteiger partial charge in [-0.1, -0.05) is 0 Å². The minimum Gasteiger partial charge on any atom is -0.497 e. The van der Waals surface area contributed by atoms with Crippen molar-refractivity contribution in [3.8, 4) is 5.75 Å². The van der Waals surface area contributed by atoms with Crippen LogP contribution in [0.5, 0.6) is 5.75 Å². The molecule has 0 unspecified atom stereocenters. The van der Waals surface area contributed by atoms with Crippen LogP contribution in [0.25, 0.3) is 0 Å². The molecule has 0 aliphatic carbocycles. The van der Waals surface area contributed by atoms with Gasteiger partial charge in [0, 0.05) is 0 Å². The Morgan fingerprint density at radius 1 is 1.35 bits per heavy atom. The molecule has 0 spiro atoms. The minimum atomic E-state index is -0.555. The Labute approximate surface area is 100 Å². The molecule has 0 aliphatic heterocycles. The molecule has 5 heteroatoms. The van der Waals surface area contributed by atoms with E-state index < -0.39 is 6.09 Å². The maximum absolute atomic E-state index is 11.0. The summed E-state index contributed by atoms with van der Waals surface area (Å²) >= 11 is 0. The van der Waals surface area contributed by atoms with Gasteiger partial charge in [0.1, 0.15) is 5.75 Å². The summed E-state index contributed by atoms with van der Waals surface area (Å²) in [4.78, 5) is 11.0. The lowest BCUT2D eigenvalue weighted by atomic mass is 10.1. The van der Waals surface area contributed by atoms with Gasteiger partial charge >= 0.3 is 6.09 Å². The molecular formula is C12H16N2O3. The van der Waals surface area contributed by atoms with Crippen molar-refractivity contribution in [2.45, 2.75) is 13.8 Å². The molecule has 0 fully saturated rings. The molecule has 0 aromatic heterocycles. The molecule has 17 heavy (non-hydrogen) atoms. The van der Waals surface area contributed by atoms with E-state index in [0.29, 0.717) is 12.3 Å². The molecule has 0 aliphatic rings. The number of nitrogens with zero attached hydrogens (tertiary/aromatic N) is 1. The second-order valence-corrected chi connectivity index (χ2v) is 3.26. The van der Waals surface area contributed by atoms with Crippen molar-refractivity contribution < 1.29 is 14.3 Å². The van der Waals surface area contributed by atoms with Crippen LogP contribution in [-0.4, -0.2) is 25.5 Å². The lowest BCUT2D eigenvalue weighted by Crippen LogP contribution is -2.20. The van der Waals surface area contributed by atoms with Crippen LogP contribution < -0.4 is 10.2 Å². The molecule has 0 saturated heterocycles. The van der Waals surface area contributed by atoms with Gasteiger partial charge in [-0.3, -0.25) is 0 Å². The van der Waals surface area contributed by atoms with Gasteiger partial charge in [-0.25, -0.2) is 10.2 Å². The molecule has 1 N–H and O–H groups in total. The van der Waals surface area contributed by atoms with E-state index in [2.05, 4.69) is 15.3 Å². The van der Waals surface area contributed by atoms with Crippen molar-refractivity contribution in [1.29, 1.82) is 0 Å². The molecule has 0 heterocycles. The summed E-state index contributed by atoms with van der Waals surface area (Å²) < 4.78 is 9.74. The zero-order valence-corrected chi connectivity index (χ0v) is 10.2. The van der Waals surface area contributed by atoms with E-state index >= 15 is 0 Å². The largest absolute Gasteiger partial charge is 0.497 e. The highest BCUT2D eigenvalue weighted by Crippen LogP contribution is 2.11. The number of hydrazone groups is 1. The van der Waals surface area contributed by atoms with Gasteiger partial charge in [0.15, 0.2) is 0 Å². The molecule has 1 aromatic rings. The normalized spacial score (nSPS) is 10.9. The maximum atomic E-state index is 11.0. The van der Waals surface area contributed by atoms with Crippen LogP contribution in [0.1, 0.15) is 19.4 Å². The Morgan fingerprint density at radius 2 is 2.00 bits per heavy atom. The van der Waals surface area contributed by atoms with Crippen molar-refractivity contribution in [3.63, 3.8) is 0 Å². The Kier molecular flexibility index (Phi) is 5.00. The van der Waals surface area contributed by atoms with Crippen molar-refractivity contribution in [2.75, 3.05) is 13.7 Å². The summed E-state index contributed by atoms with van der Waals surface area (Å²) in [6, 6.07) is 7.40. The van der Waals surface area contributed by atoms with Crippen molar-refractivity contribution in [3.05, 3.63) is 29.8 Å². The highest BCUT2D eigenvalue weighted by atomic mass is 16.5. The summed E-state index contributed by atoms with van der Waals surface area (Å²) in [6.45, 7) is 3.86. The number of ether oxygens (including phenoxy) is 2. The highest BCUT2D eigenvalue weighted by Gasteiger charge is 2.00. The third-order valence-electron chi connectivity index (χ3n) is 2.10. The smallest absolute Gasteiger partial charge is 0.427 e. The number of hydrogen-bond acceptors (Lipinski definition) is 4. The quantitative estimate of drug-likeness (QED) is 0.643. The predicted octanol–water partition coefficient (Wildman–Crippen LogP) is 2.17. The fourth-order valence-electron chi connectivity index (χ4n) is 1.19. The standard InChI is InChI=1S/C12H16N2O3/c1-4-17-12(15)14-13-9(2)10-5-7-11(16-3)8-6-10/h5-8H,4H2,1-3H3,(H,14,15)/b13-9-. The van der Waals surface area contributed by atoms with Crippen LogP contribution in [0, 0.1) is 0 Å². The lowest BCUT2D eigenvalue weighted by molar-refractivity contribution is 0.152. The van der Waals surface area contributed by atoms with E-state index in [9.17, 15) is 4.79 Å². The van der Waals surface area contributed by atoms with Crippen LogP contribution >= 0.6 is 0 Å². The summed E-state index contributed by atoms with van der Waals surface area (Å²) in [5, 5.41) is 3.92. The first-order valence-electron chi connectivity index (χ1n) is 5.28. The monoisotopic (exact) mass is 236 g/mol. The number of benzene rings is 1. The molecule has 1 amide bonds. The Hall–Kier alpha value is -2.04. The van der Waals surface area contributed by atoms with Gasteiger partial charge in [-0.05, 0) is 43.7 Å². The fourth-order valence-corrected chi connectivity index (χ4v) is 1.19. The number of nitrogens with one attached hydrogen (secondary N) is 1. The molecule has 1 aromatic carbocycles. The molecule has 0 saturated carbocycles. The molecule has 0 atom stereocenters. The van der Waals surface area contributed by atoms with E-state index in [1.165, 1.54) is 0 Å². The van der Waals surface area contributed by atoms with E-state index in [0.717, 1.165) is 11.3 Å². The van der Waals surface area contributed by atoms with Gasteiger partial charge in [-0.15, -0.1) is 0 Å². The molecule has 92 valence electrons. The number of methoxy groups -OCH3 is 1. The van der Waals surface area contributed by atoms with E-state index in [-0.39, 0.29) is 0 Å². The average Bonchev–Trinajstić information content (AvgIpc) is 2.36. The second kappa shape index (κ2) is 6.52. The van der Waals surface area contributed by atoms with E-state index in [1.54, 1.807) is 21.0 Å².